The van der Waals surface area contributed by atoms with Gasteiger partial charge in [0.1, 0.15) is 5.69 Å². The number of hydrogen-bond acceptors (Lipinski definition) is 3. The fraction of sp³-hybridized carbons (Fsp3) is 0.455. The first-order valence-electron chi connectivity index (χ1n) is 5.24. The molecule has 0 saturated carbocycles. The molecule has 1 N–H and O–H groups in total. The number of anilines is 1. The second-order valence-electron chi connectivity index (χ2n) is 3.67. The van der Waals surface area contributed by atoms with Crippen molar-refractivity contribution in [2.75, 3.05) is 25.0 Å². The first-order valence-corrected chi connectivity index (χ1v) is 5.24. The van der Waals surface area contributed by atoms with Crippen LogP contribution in [0.5, 0.6) is 0 Å². The third kappa shape index (κ3) is 2.09. The van der Waals surface area contributed by atoms with Crippen molar-refractivity contribution in [1.29, 1.82) is 0 Å². The van der Waals surface area contributed by atoms with Crippen molar-refractivity contribution in [2.24, 2.45) is 0 Å². The third-order valence-electron chi connectivity index (χ3n) is 2.67. The van der Waals surface area contributed by atoms with Crippen LogP contribution in [0.4, 0.5) is 5.69 Å². The number of nitrogens with one attached hydrogen (secondary N) is 1. The molecule has 1 aromatic heterocycles. The molecule has 2 heterocycles. The van der Waals surface area contributed by atoms with E-state index in [1.807, 2.05) is 12.1 Å². The first kappa shape index (κ1) is 9.96. The maximum absolute atomic E-state index is 11.4. The standard InChI is InChI=1S/C11H15N3O/c1-12-11(15)10-8-9(4-5-13-10)14-6-2-3-7-14/h4-5,8H,2-3,6-7H2,1H3,(H,12,15). The highest BCUT2D eigenvalue weighted by Gasteiger charge is 2.14. The Kier molecular flexibility index (Phi) is 2.85. The van der Waals surface area contributed by atoms with E-state index in [-0.39, 0.29) is 5.91 Å². The van der Waals surface area contributed by atoms with Crippen LogP contribution in [0.2, 0.25) is 0 Å². The normalized spacial score (nSPS) is 15.4. The van der Waals surface area contributed by atoms with Crippen LogP contribution in [0, 0.1) is 0 Å². The zero-order valence-electron chi connectivity index (χ0n) is 8.86. The van der Waals surface area contributed by atoms with Gasteiger partial charge in [-0.2, -0.15) is 0 Å². The zero-order chi connectivity index (χ0) is 10.7. The van der Waals surface area contributed by atoms with Crippen LogP contribution in [-0.2, 0) is 0 Å². The molecule has 1 amide bonds. The van der Waals surface area contributed by atoms with Crippen LogP contribution in [0.25, 0.3) is 0 Å². The molecule has 15 heavy (non-hydrogen) atoms. The van der Waals surface area contributed by atoms with E-state index in [2.05, 4.69) is 15.2 Å². The number of carbonyl (C=O) groups excluding carboxylic acids is 1. The molecule has 1 aromatic rings. The summed E-state index contributed by atoms with van der Waals surface area (Å²) in [5.74, 6) is -0.129. The number of amides is 1. The van der Waals surface area contributed by atoms with Crippen molar-refractivity contribution in [1.82, 2.24) is 10.3 Å². The molecule has 1 aliphatic rings. The number of hydrogen-bond donors (Lipinski definition) is 1. The zero-order valence-corrected chi connectivity index (χ0v) is 8.86. The van der Waals surface area contributed by atoms with E-state index in [1.165, 1.54) is 12.8 Å². The average molecular weight is 205 g/mol. The first-order chi connectivity index (χ1) is 7.31. The lowest BCUT2D eigenvalue weighted by atomic mass is 10.3. The fourth-order valence-corrected chi connectivity index (χ4v) is 1.84. The van der Waals surface area contributed by atoms with E-state index in [4.69, 9.17) is 0 Å². The second kappa shape index (κ2) is 4.29. The summed E-state index contributed by atoms with van der Waals surface area (Å²) in [6.07, 6.45) is 4.16. The molecule has 4 heteroatoms. The number of aromatic nitrogens is 1. The number of rotatable bonds is 2. The number of carbonyl (C=O) groups is 1. The van der Waals surface area contributed by atoms with Crippen molar-refractivity contribution >= 4 is 11.6 Å². The highest BCUT2D eigenvalue weighted by atomic mass is 16.1. The molecule has 0 radical (unpaired) electrons. The van der Waals surface area contributed by atoms with E-state index < -0.39 is 0 Å². The van der Waals surface area contributed by atoms with Crippen molar-refractivity contribution in [3.05, 3.63) is 24.0 Å². The Morgan fingerprint density at radius 3 is 2.87 bits per heavy atom. The van der Waals surface area contributed by atoms with Gasteiger partial charge in [-0.3, -0.25) is 9.78 Å². The fourth-order valence-electron chi connectivity index (χ4n) is 1.84. The monoisotopic (exact) mass is 205 g/mol. The predicted octanol–water partition coefficient (Wildman–Crippen LogP) is 1.04. The summed E-state index contributed by atoms with van der Waals surface area (Å²) in [4.78, 5) is 17.7. The number of pyridine rings is 1. The van der Waals surface area contributed by atoms with Gasteiger partial charge < -0.3 is 10.2 Å². The van der Waals surface area contributed by atoms with E-state index in [1.54, 1.807) is 13.2 Å². The van der Waals surface area contributed by atoms with Crippen molar-refractivity contribution in [3.8, 4) is 0 Å². The predicted molar refractivity (Wildman–Crippen MR) is 59.1 cm³/mol. The Balaban J connectivity index is 2.21. The van der Waals surface area contributed by atoms with Gasteiger partial charge in [-0.25, -0.2) is 0 Å². The Morgan fingerprint density at radius 2 is 2.20 bits per heavy atom. The summed E-state index contributed by atoms with van der Waals surface area (Å²) in [7, 11) is 1.62. The average Bonchev–Trinajstić information content (AvgIpc) is 2.82. The molecule has 0 aromatic carbocycles. The van der Waals surface area contributed by atoms with E-state index >= 15 is 0 Å². The van der Waals surface area contributed by atoms with Gasteiger partial charge in [-0.05, 0) is 25.0 Å². The molecule has 0 aliphatic carbocycles. The van der Waals surface area contributed by atoms with Crippen molar-refractivity contribution < 1.29 is 4.79 Å². The van der Waals surface area contributed by atoms with Gasteiger partial charge in [-0.1, -0.05) is 0 Å². The molecule has 4 nitrogen and oxygen atoms in total. The summed E-state index contributed by atoms with van der Waals surface area (Å²) in [5.41, 5.74) is 1.59. The summed E-state index contributed by atoms with van der Waals surface area (Å²) >= 11 is 0. The van der Waals surface area contributed by atoms with Crippen LogP contribution in [0.15, 0.2) is 18.3 Å². The van der Waals surface area contributed by atoms with Gasteiger partial charge in [0.2, 0.25) is 0 Å². The minimum atomic E-state index is -0.129. The van der Waals surface area contributed by atoms with Crippen LogP contribution >= 0.6 is 0 Å². The van der Waals surface area contributed by atoms with Gasteiger partial charge >= 0.3 is 0 Å². The maximum Gasteiger partial charge on any atom is 0.269 e. The largest absolute Gasteiger partial charge is 0.371 e. The summed E-state index contributed by atoms with van der Waals surface area (Å²) in [5, 5.41) is 2.58. The molecule has 1 fully saturated rings. The minimum absolute atomic E-state index is 0.129. The highest BCUT2D eigenvalue weighted by Crippen LogP contribution is 2.19. The van der Waals surface area contributed by atoms with Crippen molar-refractivity contribution in [3.63, 3.8) is 0 Å². The van der Waals surface area contributed by atoms with Gasteiger partial charge in [0.15, 0.2) is 0 Å². The van der Waals surface area contributed by atoms with E-state index in [0.717, 1.165) is 18.8 Å². The molecule has 0 bridgehead atoms. The summed E-state index contributed by atoms with van der Waals surface area (Å²) in [6, 6.07) is 3.81. The lowest BCUT2D eigenvalue weighted by Crippen LogP contribution is -2.21. The lowest BCUT2D eigenvalue weighted by molar-refractivity contribution is 0.0958. The molecule has 0 atom stereocenters. The third-order valence-corrected chi connectivity index (χ3v) is 2.67. The second-order valence-corrected chi connectivity index (χ2v) is 3.67. The molecule has 2 rings (SSSR count). The van der Waals surface area contributed by atoms with E-state index in [0.29, 0.717) is 5.69 Å². The summed E-state index contributed by atoms with van der Waals surface area (Å²) in [6.45, 7) is 2.16. The summed E-state index contributed by atoms with van der Waals surface area (Å²) < 4.78 is 0. The minimum Gasteiger partial charge on any atom is -0.371 e. The molecule has 1 saturated heterocycles. The van der Waals surface area contributed by atoms with Crippen LogP contribution in [0.3, 0.4) is 0 Å². The number of nitrogens with zero attached hydrogens (tertiary/aromatic N) is 2. The van der Waals surface area contributed by atoms with Gasteiger partial charge in [0.25, 0.3) is 5.91 Å². The Labute approximate surface area is 89.3 Å². The topological polar surface area (TPSA) is 45.2 Å². The molecule has 0 spiro atoms. The highest BCUT2D eigenvalue weighted by molar-refractivity contribution is 5.92. The Morgan fingerprint density at radius 1 is 1.47 bits per heavy atom. The lowest BCUT2D eigenvalue weighted by Gasteiger charge is -2.17. The van der Waals surface area contributed by atoms with Crippen LogP contribution in [-0.4, -0.2) is 31.0 Å². The van der Waals surface area contributed by atoms with Gasteiger partial charge in [0.05, 0.1) is 0 Å². The van der Waals surface area contributed by atoms with E-state index in [9.17, 15) is 4.79 Å². The SMILES string of the molecule is CNC(=O)c1cc(N2CCCC2)ccn1. The van der Waals surface area contributed by atoms with Crippen LogP contribution in [0.1, 0.15) is 23.3 Å². The molecule has 1 aliphatic heterocycles. The van der Waals surface area contributed by atoms with Gasteiger partial charge in [0, 0.05) is 32.0 Å². The van der Waals surface area contributed by atoms with Gasteiger partial charge in [-0.15, -0.1) is 0 Å². The maximum atomic E-state index is 11.4. The van der Waals surface area contributed by atoms with Crippen LogP contribution < -0.4 is 10.2 Å². The Hall–Kier alpha value is -1.58. The smallest absolute Gasteiger partial charge is 0.269 e. The molecule has 80 valence electrons. The molecular formula is C11H15N3O. The van der Waals surface area contributed by atoms with Crippen molar-refractivity contribution in [2.45, 2.75) is 12.8 Å². The quantitative estimate of drug-likeness (QED) is 0.784. The molecule has 0 unspecified atom stereocenters. The molecular weight excluding hydrogens is 190 g/mol. The Bertz CT molecular complexity index is 359.